The van der Waals surface area contributed by atoms with E-state index in [0.717, 1.165) is 11.3 Å². The summed E-state index contributed by atoms with van der Waals surface area (Å²) in [5, 5.41) is 3.35. The van der Waals surface area contributed by atoms with Crippen molar-refractivity contribution >= 4 is 17.5 Å². The molecule has 0 aliphatic rings. The van der Waals surface area contributed by atoms with Crippen molar-refractivity contribution in [2.75, 3.05) is 0 Å². The molecule has 1 N–H and O–H groups in total. The Bertz CT molecular complexity index is 832. The van der Waals surface area contributed by atoms with E-state index >= 15 is 0 Å². The van der Waals surface area contributed by atoms with Gasteiger partial charge < -0.3 is 14.6 Å². The highest BCUT2D eigenvalue weighted by atomic mass is 35.5. The lowest BCUT2D eigenvalue weighted by Gasteiger charge is -2.15. The number of imidazole rings is 1. The molecule has 0 bridgehead atoms. The normalized spacial score (nSPS) is 11.8. The maximum atomic E-state index is 12.2. The van der Waals surface area contributed by atoms with Crippen LogP contribution in [0.5, 0.6) is 5.75 Å². The van der Waals surface area contributed by atoms with Crippen LogP contribution in [-0.2, 0) is 11.3 Å². The minimum Gasteiger partial charge on any atom is -0.479 e. The third-order valence-corrected chi connectivity index (χ3v) is 4.03. The van der Waals surface area contributed by atoms with E-state index in [4.69, 9.17) is 16.3 Å². The van der Waals surface area contributed by atoms with Crippen LogP contribution in [0, 0.1) is 0 Å². The molecule has 0 unspecified atom stereocenters. The van der Waals surface area contributed by atoms with Crippen molar-refractivity contribution in [2.45, 2.75) is 19.6 Å². The number of benzene rings is 2. The van der Waals surface area contributed by atoms with Crippen molar-refractivity contribution in [2.24, 2.45) is 0 Å². The Morgan fingerprint density at radius 1 is 1.24 bits per heavy atom. The summed E-state index contributed by atoms with van der Waals surface area (Å²) >= 11 is 6.04. The van der Waals surface area contributed by atoms with Gasteiger partial charge in [0.2, 0.25) is 0 Å². The minimum absolute atomic E-state index is 0.196. The second-order valence-electron chi connectivity index (χ2n) is 5.54. The van der Waals surface area contributed by atoms with Gasteiger partial charge in [-0.2, -0.15) is 0 Å². The monoisotopic (exact) mass is 355 g/mol. The van der Waals surface area contributed by atoms with E-state index in [9.17, 15) is 4.79 Å². The van der Waals surface area contributed by atoms with E-state index in [1.54, 1.807) is 31.6 Å². The zero-order chi connectivity index (χ0) is 17.6. The van der Waals surface area contributed by atoms with Gasteiger partial charge in [0.05, 0.1) is 11.3 Å². The van der Waals surface area contributed by atoms with Gasteiger partial charge >= 0.3 is 0 Å². The topological polar surface area (TPSA) is 56.1 Å². The molecular weight excluding hydrogens is 338 g/mol. The molecule has 1 aromatic heterocycles. The fraction of sp³-hybridized carbons (Fsp3) is 0.158. The second-order valence-corrected chi connectivity index (χ2v) is 5.95. The van der Waals surface area contributed by atoms with Gasteiger partial charge in [-0.25, -0.2) is 4.98 Å². The standard InChI is InChI=1S/C19H18ClN3O2/c1-14(25-18-5-3-2-4-17(18)20)19(24)22-12-15-6-8-16(9-7-15)23-11-10-21-13-23/h2-11,13-14H,12H2,1H3,(H,22,24)/t14-/m0/s1. The number of halogens is 1. The summed E-state index contributed by atoms with van der Waals surface area (Å²) in [5.41, 5.74) is 2.02. The molecule has 1 heterocycles. The molecule has 0 aliphatic carbocycles. The van der Waals surface area contributed by atoms with Crippen molar-refractivity contribution in [3.05, 3.63) is 77.8 Å². The number of nitrogens with zero attached hydrogens (tertiary/aromatic N) is 2. The van der Waals surface area contributed by atoms with Crippen LogP contribution in [0.15, 0.2) is 67.3 Å². The van der Waals surface area contributed by atoms with Gasteiger partial charge in [-0.05, 0) is 36.8 Å². The van der Waals surface area contributed by atoms with E-state index in [1.807, 2.05) is 47.2 Å². The molecule has 0 fully saturated rings. The number of hydrogen-bond donors (Lipinski definition) is 1. The summed E-state index contributed by atoms with van der Waals surface area (Å²) in [7, 11) is 0. The second kappa shape index (κ2) is 7.85. The maximum absolute atomic E-state index is 12.2. The van der Waals surface area contributed by atoms with Gasteiger partial charge in [0.25, 0.3) is 5.91 Å². The van der Waals surface area contributed by atoms with E-state index in [1.165, 1.54) is 0 Å². The van der Waals surface area contributed by atoms with Gasteiger partial charge in [-0.3, -0.25) is 4.79 Å². The predicted molar refractivity (Wildman–Crippen MR) is 97.0 cm³/mol. The van der Waals surface area contributed by atoms with Crippen LogP contribution in [0.3, 0.4) is 0 Å². The average Bonchev–Trinajstić information content (AvgIpc) is 3.16. The molecule has 3 rings (SSSR count). The quantitative estimate of drug-likeness (QED) is 0.735. The van der Waals surface area contributed by atoms with Gasteiger partial charge in [-0.1, -0.05) is 35.9 Å². The largest absolute Gasteiger partial charge is 0.479 e. The van der Waals surface area contributed by atoms with Crippen LogP contribution in [-0.4, -0.2) is 21.6 Å². The molecule has 0 radical (unpaired) electrons. The number of rotatable bonds is 6. The number of ether oxygens (including phenoxy) is 1. The van der Waals surface area contributed by atoms with Gasteiger partial charge in [0.15, 0.2) is 6.10 Å². The SMILES string of the molecule is C[C@H](Oc1ccccc1Cl)C(=O)NCc1ccc(-n2ccnc2)cc1. The number of carbonyl (C=O) groups excluding carboxylic acids is 1. The Morgan fingerprint density at radius 2 is 2.00 bits per heavy atom. The van der Waals surface area contributed by atoms with Gasteiger partial charge in [-0.15, -0.1) is 0 Å². The number of para-hydroxylation sites is 1. The summed E-state index contributed by atoms with van der Waals surface area (Å²) in [5.74, 6) is 0.301. The van der Waals surface area contributed by atoms with Crippen molar-refractivity contribution < 1.29 is 9.53 Å². The zero-order valence-corrected chi connectivity index (χ0v) is 14.5. The Labute approximate surface area is 151 Å². The van der Waals surface area contributed by atoms with Crippen molar-refractivity contribution in [1.82, 2.24) is 14.9 Å². The third-order valence-electron chi connectivity index (χ3n) is 3.72. The number of amides is 1. The van der Waals surface area contributed by atoms with Crippen molar-refractivity contribution in [3.63, 3.8) is 0 Å². The predicted octanol–water partition coefficient (Wildman–Crippen LogP) is 3.61. The fourth-order valence-corrected chi connectivity index (χ4v) is 2.50. The molecule has 0 spiro atoms. The van der Waals surface area contributed by atoms with E-state index in [-0.39, 0.29) is 5.91 Å². The highest BCUT2D eigenvalue weighted by Gasteiger charge is 2.15. The van der Waals surface area contributed by atoms with Crippen LogP contribution in [0.25, 0.3) is 5.69 Å². The highest BCUT2D eigenvalue weighted by Crippen LogP contribution is 2.24. The molecular formula is C19H18ClN3O2. The van der Waals surface area contributed by atoms with Gasteiger partial charge in [0, 0.05) is 24.6 Å². The summed E-state index contributed by atoms with van der Waals surface area (Å²) in [4.78, 5) is 16.2. The molecule has 1 amide bonds. The van der Waals surface area contributed by atoms with Crippen molar-refractivity contribution in [3.8, 4) is 11.4 Å². The Morgan fingerprint density at radius 3 is 2.68 bits per heavy atom. The molecule has 5 nitrogen and oxygen atoms in total. The minimum atomic E-state index is -0.634. The smallest absolute Gasteiger partial charge is 0.261 e. The van der Waals surface area contributed by atoms with Crippen LogP contribution in [0.2, 0.25) is 5.02 Å². The molecule has 1 atom stereocenters. The fourth-order valence-electron chi connectivity index (χ4n) is 2.31. The van der Waals surface area contributed by atoms with E-state index in [0.29, 0.717) is 17.3 Å². The maximum Gasteiger partial charge on any atom is 0.261 e. The highest BCUT2D eigenvalue weighted by molar-refractivity contribution is 6.32. The first-order chi connectivity index (χ1) is 12.1. The number of aromatic nitrogens is 2. The van der Waals surface area contributed by atoms with E-state index in [2.05, 4.69) is 10.3 Å². The lowest BCUT2D eigenvalue weighted by Crippen LogP contribution is -2.35. The Kier molecular flexibility index (Phi) is 5.36. The number of nitrogens with one attached hydrogen (secondary N) is 1. The van der Waals surface area contributed by atoms with E-state index < -0.39 is 6.10 Å². The van der Waals surface area contributed by atoms with Crippen LogP contribution in [0.1, 0.15) is 12.5 Å². The zero-order valence-electron chi connectivity index (χ0n) is 13.7. The lowest BCUT2D eigenvalue weighted by molar-refractivity contribution is -0.127. The molecule has 0 aliphatic heterocycles. The molecule has 128 valence electrons. The lowest BCUT2D eigenvalue weighted by atomic mass is 10.2. The first-order valence-electron chi connectivity index (χ1n) is 7.89. The molecule has 6 heteroatoms. The summed E-state index contributed by atoms with van der Waals surface area (Å²) in [6.45, 7) is 2.13. The molecule has 0 saturated heterocycles. The number of carbonyl (C=O) groups is 1. The Balaban J connectivity index is 1.54. The van der Waals surface area contributed by atoms with Crippen LogP contribution < -0.4 is 10.1 Å². The first kappa shape index (κ1) is 17.0. The van der Waals surface area contributed by atoms with Crippen LogP contribution >= 0.6 is 11.6 Å². The summed E-state index contributed by atoms with van der Waals surface area (Å²) in [6.07, 6.45) is 4.72. The molecule has 2 aromatic carbocycles. The average molecular weight is 356 g/mol. The summed E-state index contributed by atoms with van der Waals surface area (Å²) < 4.78 is 7.53. The molecule has 25 heavy (non-hydrogen) atoms. The third kappa shape index (κ3) is 4.39. The summed E-state index contributed by atoms with van der Waals surface area (Å²) in [6, 6.07) is 15.0. The first-order valence-corrected chi connectivity index (χ1v) is 8.27. The molecule has 0 saturated carbocycles. The van der Waals surface area contributed by atoms with Gasteiger partial charge in [0.1, 0.15) is 5.75 Å². The Hall–Kier alpha value is -2.79. The number of hydrogen-bond acceptors (Lipinski definition) is 3. The van der Waals surface area contributed by atoms with Crippen LogP contribution in [0.4, 0.5) is 0 Å². The molecule has 3 aromatic rings. The van der Waals surface area contributed by atoms with Crippen molar-refractivity contribution in [1.29, 1.82) is 0 Å².